The molecule has 140 valence electrons. The molecule has 1 aliphatic rings. The van der Waals surface area contributed by atoms with Crippen molar-refractivity contribution in [1.29, 1.82) is 0 Å². The van der Waals surface area contributed by atoms with Crippen LogP contribution in [0, 0.1) is 5.82 Å². The predicted molar refractivity (Wildman–Crippen MR) is 96.1 cm³/mol. The highest BCUT2D eigenvalue weighted by Crippen LogP contribution is 2.40. The lowest BCUT2D eigenvalue weighted by molar-refractivity contribution is -0.140. The van der Waals surface area contributed by atoms with Gasteiger partial charge >= 0.3 is 0 Å². The molecule has 2 aromatic rings. The van der Waals surface area contributed by atoms with Crippen LogP contribution >= 0.6 is 0 Å². The Hall–Kier alpha value is -3.06. The zero-order chi connectivity index (χ0) is 19.4. The van der Waals surface area contributed by atoms with E-state index in [1.54, 1.807) is 6.07 Å². The maximum Gasteiger partial charge on any atom is 0.295 e. The first kappa shape index (κ1) is 18.7. The molecule has 2 heterocycles. The topological polar surface area (TPSA) is 79.7 Å². The van der Waals surface area contributed by atoms with Crippen molar-refractivity contribution in [3.05, 3.63) is 71.3 Å². The number of likely N-dealkylation sites (tertiary alicyclic amines) is 1. The zero-order valence-electron chi connectivity index (χ0n) is 14.8. The lowest BCUT2D eigenvalue weighted by atomic mass is 9.95. The van der Waals surface area contributed by atoms with Gasteiger partial charge in [0.1, 0.15) is 11.6 Å². The average molecular weight is 370 g/mol. The van der Waals surface area contributed by atoms with E-state index in [0.717, 1.165) is 0 Å². The summed E-state index contributed by atoms with van der Waals surface area (Å²) in [5.74, 6) is -2.51. The van der Waals surface area contributed by atoms with Crippen LogP contribution < -0.4 is 0 Å². The maximum atomic E-state index is 14.5. The third-order valence-electron chi connectivity index (χ3n) is 4.44. The molecular formula is C20H19FN2O4. The van der Waals surface area contributed by atoms with Crippen LogP contribution in [0.2, 0.25) is 0 Å². The number of rotatable bonds is 6. The van der Waals surface area contributed by atoms with E-state index in [4.69, 9.17) is 4.74 Å². The summed E-state index contributed by atoms with van der Waals surface area (Å²) in [5.41, 5.74) is 0.361. The number of Topliss-reactive ketones (excluding diaryl/α,β-unsaturated/α-hetero) is 1. The molecule has 1 aromatic heterocycles. The van der Waals surface area contributed by atoms with E-state index in [9.17, 15) is 19.1 Å². The molecule has 1 N–H and O–H groups in total. The average Bonchev–Trinajstić information content (AvgIpc) is 2.93. The quantitative estimate of drug-likeness (QED) is 0.366. The zero-order valence-corrected chi connectivity index (χ0v) is 14.8. The van der Waals surface area contributed by atoms with E-state index in [1.165, 1.54) is 54.7 Å². The highest BCUT2D eigenvalue weighted by molar-refractivity contribution is 6.46. The SMILES string of the molecule is COCCCN1C(=O)C(=O)C(=C(O)c2ccncc2)C1c1ccccc1F. The maximum absolute atomic E-state index is 14.5. The van der Waals surface area contributed by atoms with Gasteiger partial charge in [0.2, 0.25) is 0 Å². The number of ether oxygens (including phenoxy) is 1. The van der Waals surface area contributed by atoms with Gasteiger partial charge in [-0.3, -0.25) is 14.6 Å². The van der Waals surface area contributed by atoms with Gasteiger partial charge in [-0.05, 0) is 24.6 Å². The number of carbonyl (C=O) groups excluding carboxylic acids is 2. The Morgan fingerprint density at radius 2 is 1.93 bits per heavy atom. The third kappa shape index (κ3) is 3.59. The van der Waals surface area contributed by atoms with Crippen molar-refractivity contribution >= 4 is 17.4 Å². The molecular weight excluding hydrogens is 351 g/mol. The number of nitrogens with zero attached hydrogens (tertiary/aromatic N) is 2. The summed E-state index contributed by atoms with van der Waals surface area (Å²) in [5, 5.41) is 10.7. The van der Waals surface area contributed by atoms with Crippen molar-refractivity contribution < 1.29 is 23.8 Å². The van der Waals surface area contributed by atoms with Crippen LogP contribution in [-0.4, -0.2) is 46.9 Å². The number of amides is 1. The molecule has 0 spiro atoms. The standard InChI is InChI=1S/C20H19FN2O4/c1-27-12-4-11-23-17(14-5-2-3-6-15(14)21)16(19(25)20(23)26)18(24)13-7-9-22-10-8-13/h2-3,5-10,17,24H,4,11-12H2,1H3. The summed E-state index contributed by atoms with van der Waals surface area (Å²) >= 11 is 0. The Balaban J connectivity index is 2.14. The van der Waals surface area contributed by atoms with Gasteiger partial charge in [-0.15, -0.1) is 0 Å². The first-order chi connectivity index (χ1) is 13.1. The van der Waals surface area contributed by atoms with E-state index < -0.39 is 23.5 Å². The van der Waals surface area contributed by atoms with E-state index in [-0.39, 0.29) is 23.4 Å². The molecule has 1 fully saturated rings. The number of halogens is 1. The number of hydrogen-bond donors (Lipinski definition) is 1. The minimum Gasteiger partial charge on any atom is -0.507 e. The minimum absolute atomic E-state index is 0.131. The monoisotopic (exact) mass is 370 g/mol. The molecule has 27 heavy (non-hydrogen) atoms. The van der Waals surface area contributed by atoms with E-state index in [2.05, 4.69) is 4.98 Å². The number of aliphatic hydroxyl groups excluding tert-OH is 1. The normalized spacial score (nSPS) is 18.9. The van der Waals surface area contributed by atoms with E-state index in [1.807, 2.05) is 0 Å². The molecule has 1 amide bonds. The Kier molecular flexibility index (Phi) is 5.61. The molecule has 3 rings (SSSR count). The molecule has 1 aliphatic heterocycles. The molecule has 1 aromatic carbocycles. The summed E-state index contributed by atoms with van der Waals surface area (Å²) in [7, 11) is 1.53. The van der Waals surface area contributed by atoms with Gasteiger partial charge in [-0.2, -0.15) is 0 Å². The van der Waals surface area contributed by atoms with Crippen molar-refractivity contribution in [2.24, 2.45) is 0 Å². The van der Waals surface area contributed by atoms with Crippen LogP contribution in [-0.2, 0) is 14.3 Å². The summed E-state index contributed by atoms with van der Waals surface area (Å²) in [6, 6.07) is 7.96. The van der Waals surface area contributed by atoms with Crippen LogP contribution in [0.3, 0.4) is 0 Å². The van der Waals surface area contributed by atoms with Crippen LogP contribution in [0.25, 0.3) is 5.76 Å². The summed E-state index contributed by atoms with van der Waals surface area (Å²) in [6.07, 6.45) is 3.40. The molecule has 1 saturated heterocycles. The van der Waals surface area contributed by atoms with E-state index >= 15 is 0 Å². The van der Waals surface area contributed by atoms with Gasteiger partial charge < -0.3 is 14.7 Å². The second-order valence-electron chi connectivity index (χ2n) is 6.10. The van der Waals surface area contributed by atoms with Gasteiger partial charge in [-0.1, -0.05) is 18.2 Å². The molecule has 1 atom stereocenters. The Bertz CT molecular complexity index is 883. The number of aromatic nitrogens is 1. The van der Waals surface area contributed by atoms with Gasteiger partial charge in [-0.25, -0.2) is 4.39 Å². The number of methoxy groups -OCH3 is 1. The second kappa shape index (κ2) is 8.09. The molecule has 6 nitrogen and oxygen atoms in total. The summed E-state index contributed by atoms with van der Waals surface area (Å²) < 4.78 is 19.5. The van der Waals surface area contributed by atoms with E-state index in [0.29, 0.717) is 18.6 Å². The lowest BCUT2D eigenvalue weighted by Gasteiger charge is -2.25. The highest BCUT2D eigenvalue weighted by Gasteiger charge is 2.46. The first-order valence-electron chi connectivity index (χ1n) is 8.48. The summed E-state index contributed by atoms with van der Waals surface area (Å²) in [4.78, 5) is 30.4. The van der Waals surface area contributed by atoms with Crippen molar-refractivity contribution in [3.63, 3.8) is 0 Å². The lowest BCUT2D eigenvalue weighted by Crippen LogP contribution is -2.31. The fraction of sp³-hybridized carbons (Fsp3) is 0.250. The highest BCUT2D eigenvalue weighted by atomic mass is 19.1. The number of pyridine rings is 1. The second-order valence-corrected chi connectivity index (χ2v) is 6.10. The minimum atomic E-state index is -1.00. The summed E-state index contributed by atoms with van der Waals surface area (Å²) in [6.45, 7) is 0.585. The van der Waals surface area contributed by atoms with Crippen molar-refractivity contribution in [3.8, 4) is 0 Å². The largest absolute Gasteiger partial charge is 0.507 e. The fourth-order valence-electron chi connectivity index (χ4n) is 3.18. The Labute approximate surface area is 155 Å². The van der Waals surface area contributed by atoms with Crippen LogP contribution in [0.15, 0.2) is 54.4 Å². The van der Waals surface area contributed by atoms with Crippen molar-refractivity contribution in [1.82, 2.24) is 9.88 Å². The van der Waals surface area contributed by atoms with Gasteiger partial charge in [0.25, 0.3) is 11.7 Å². The van der Waals surface area contributed by atoms with Gasteiger partial charge in [0.05, 0.1) is 11.6 Å². The van der Waals surface area contributed by atoms with Crippen LogP contribution in [0.1, 0.15) is 23.6 Å². The molecule has 0 aliphatic carbocycles. The van der Waals surface area contributed by atoms with Gasteiger partial charge in [0, 0.05) is 43.8 Å². The fourth-order valence-corrected chi connectivity index (χ4v) is 3.18. The number of ketones is 1. The smallest absolute Gasteiger partial charge is 0.295 e. The third-order valence-corrected chi connectivity index (χ3v) is 4.44. The predicted octanol–water partition coefficient (Wildman–Crippen LogP) is 2.68. The van der Waals surface area contributed by atoms with Gasteiger partial charge in [0.15, 0.2) is 0 Å². The molecule has 1 unspecified atom stereocenters. The molecule has 0 saturated carbocycles. The van der Waals surface area contributed by atoms with Crippen LogP contribution in [0.5, 0.6) is 0 Å². The van der Waals surface area contributed by atoms with Crippen molar-refractivity contribution in [2.45, 2.75) is 12.5 Å². The number of carbonyl (C=O) groups is 2. The molecule has 0 bridgehead atoms. The Morgan fingerprint density at radius 1 is 1.22 bits per heavy atom. The van der Waals surface area contributed by atoms with Crippen molar-refractivity contribution in [2.75, 3.05) is 20.3 Å². The number of aliphatic hydroxyl groups is 1. The molecule has 0 radical (unpaired) electrons. The van der Waals surface area contributed by atoms with Crippen LogP contribution in [0.4, 0.5) is 4.39 Å². The Morgan fingerprint density at radius 3 is 2.59 bits per heavy atom. The number of benzene rings is 1. The number of hydrogen-bond acceptors (Lipinski definition) is 5. The molecule has 7 heteroatoms. The first-order valence-corrected chi connectivity index (χ1v) is 8.48.